The Balaban J connectivity index is 1.37. The van der Waals surface area contributed by atoms with Gasteiger partial charge in [0.25, 0.3) is 0 Å². The van der Waals surface area contributed by atoms with Crippen molar-refractivity contribution in [2.24, 2.45) is 10.9 Å². The predicted molar refractivity (Wildman–Crippen MR) is 107 cm³/mol. The minimum Gasteiger partial charge on any atom is -0.467 e. The van der Waals surface area contributed by atoms with Crippen molar-refractivity contribution in [3.05, 3.63) is 24.2 Å². The summed E-state index contributed by atoms with van der Waals surface area (Å²) >= 11 is 0. The number of hydrogen-bond donors (Lipinski definition) is 3. The maximum Gasteiger partial charge on any atom is 0.239 e. The van der Waals surface area contributed by atoms with Crippen LogP contribution in [-0.4, -0.2) is 55.4 Å². The van der Waals surface area contributed by atoms with Crippen LogP contribution >= 0.6 is 0 Å². The Morgan fingerprint density at radius 3 is 2.75 bits per heavy atom. The van der Waals surface area contributed by atoms with Crippen LogP contribution in [0.5, 0.6) is 0 Å². The molecule has 1 aliphatic heterocycles. The zero-order valence-corrected chi connectivity index (χ0v) is 16.6. The molecular weight excluding hydrogens is 358 g/mol. The van der Waals surface area contributed by atoms with E-state index in [9.17, 15) is 9.59 Å². The van der Waals surface area contributed by atoms with Gasteiger partial charge in [0.1, 0.15) is 5.76 Å². The Kier molecular flexibility index (Phi) is 7.33. The third-order valence-corrected chi connectivity index (χ3v) is 5.48. The van der Waals surface area contributed by atoms with Crippen LogP contribution in [0.25, 0.3) is 0 Å². The lowest BCUT2D eigenvalue weighted by atomic mass is 9.88. The number of rotatable bonds is 6. The summed E-state index contributed by atoms with van der Waals surface area (Å²) in [5, 5.41) is 9.14. The zero-order chi connectivity index (χ0) is 19.8. The molecule has 154 valence electrons. The Bertz CT molecular complexity index is 667. The Labute approximate surface area is 166 Å². The fourth-order valence-electron chi connectivity index (χ4n) is 3.90. The van der Waals surface area contributed by atoms with Crippen molar-refractivity contribution < 1.29 is 14.0 Å². The summed E-state index contributed by atoms with van der Waals surface area (Å²) in [5.74, 6) is 1.67. The molecule has 1 atom stereocenters. The molecule has 1 unspecified atom stereocenters. The molecule has 1 saturated heterocycles. The summed E-state index contributed by atoms with van der Waals surface area (Å²) < 4.78 is 5.19. The average molecular weight is 390 g/mol. The molecule has 2 aliphatic rings. The smallest absolute Gasteiger partial charge is 0.239 e. The fraction of sp³-hybridized carbons (Fsp3) is 0.650. The summed E-state index contributed by atoms with van der Waals surface area (Å²) in [6.45, 7) is 1.96. The summed E-state index contributed by atoms with van der Waals surface area (Å²) in [6.07, 6.45) is 8.13. The molecule has 0 aromatic carbocycles. The average Bonchev–Trinajstić information content (AvgIpc) is 3.41. The van der Waals surface area contributed by atoms with E-state index in [-0.39, 0.29) is 24.4 Å². The highest BCUT2D eigenvalue weighted by molar-refractivity contribution is 5.86. The van der Waals surface area contributed by atoms with Crippen LogP contribution in [0.4, 0.5) is 0 Å². The van der Waals surface area contributed by atoms with E-state index >= 15 is 0 Å². The number of amides is 2. The van der Waals surface area contributed by atoms with Crippen molar-refractivity contribution in [3.63, 3.8) is 0 Å². The summed E-state index contributed by atoms with van der Waals surface area (Å²) in [7, 11) is 1.68. The van der Waals surface area contributed by atoms with Gasteiger partial charge in [0.05, 0.1) is 19.4 Å². The molecule has 1 aliphatic carbocycles. The number of aliphatic imine (C=N–C) groups is 1. The van der Waals surface area contributed by atoms with Gasteiger partial charge in [0.2, 0.25) is 11.8 Å². The van der Waals surface area contributed by atoms with E-state index in [0.29, 0.717) is 30.7 Å². The predicted octanol–water partition coefficient (Wildman–Crippen LogP) is 1.24. The molecule has 0 bridgehead atoms. The van der Waals surface area contributed by atoms with E-state index in [1.807, 2.05) is 11.0 Å². The van der Waals surface area contributed by atoms with Crippen LogP contribution < -0.4 is 16.0 Å². The van der Waals surface area contributed by atoms with Crippen LogP contribution in [-0.2, 0) is 16.1 Å². The van der Waals surface area contributed by atoms with Crippen molar-refractivity contribution in [2.75, 3.05) is 26.7 Å². The van der Waals surface area contributed by atoms with E-state index in [1.54, 1.807) is 19.4 Å². The summed E-state index contributed by atoms with van der Waals surface area (Å²) in [6, 6.07) is 3.76. The lowest BCUT2D eigenvalue weighted by molar-refractivity contribution is -0.135. The Hall–Kier alpha value is -2.51. The Morgan fingerprint density at radius 2 is 2.04 bits per heavy atom. The highest BCUT2D eigenvalue weighted by Gasteiger charge is 2.31. The molecule has 3 N–H and O–H groups in total. The normalized spacial score (nSPS) is 20.8. The van der Waals surface area contributed by atoms with Crippen molar-refractivity contribution in [1.82, 2.24) is 20.9 Å². The van der Waals surface area contributed by atoms with Gasteiger partial charge in [-0.3, -0.25) is 14.6 Å². The quantitative estimate of drug-likeness (QED) is 0.502. The molecule has 0 spiro atoms. The second-order valence-corrected chi connectivity index (χ2v) is 7.53. The maximum atomic E-state index is 12.7. The fourth-order valence-corrected chi connectivity index (χ4v) is 3.90. The number of nitrogens with one attached hydrogen (secondary N) is 3. The monoisotopic (exact) mass is 389 g/mol. The molecule has 1 aromatic heterocycles. The first-order valence-corrected chi connectivity index (χ1v) is 10.2. The van der Waals surface area contributed by atoms with Gasteiger partial charge < -0.3 is 25.3 Å². The van der Waals surface area contributed by atoms with Crippen LogP contribution in [0.3, 0.4) is 0 Å². The topological polar surface area (TPSA) is 99.0 Å². The number of guanidine groups is 1. The number of carbonyl (C=O) groups is 2. The van der Waals surface area contributed by atoms with Gasteiger partial charge in [-0.05, 0) is 31.4 Å². The highest BCUT2D eigenvalue weighted by atomic mass is 16.3. The van der Waals surface area contributed by atoms with E-state index < -0.39 is 0 Å². The molecule has 1 saturated carbocycles. The molecule has 28 heavy (non-hydrogen) atoms. The molecule has 2 amide bonds. The van der Waals surface area contributed by atoms with Crippen LogP contribution in [0.2, 0.25) is 0 Å². The SMILES string of the molecule is CN=C(NCC(=O)NCc1ccco1)NC1CCN(C(=O)C2CCCCC2)C1. The summed E-state index contributed by atoms with van der Waals surface area (Å²) in [4.78, 5) is 30.8. The van der Waals surface area contributed by atoms with Gasteiger partial charge in [0, 0.05) is 32.1 Å². The highest BCUT2D eigenvalue weighted by Crippen LogP contribution is 2.26. The first kappa shape index (κ1) is 20.2. The lowest BCUT2D eigenvalue weighted by Crippen LogP contribution is -2.48. The summed E-state index contributed by atoms with van der Waals surface area (Å²) in [5.41, 5.74) is 0. The number of nitrogens with zero attached hydrogens (tertiary/aromatic N) is 2. The first-order chi connectivity index (χ1) is 13.7. The molecular formula is C20H31N5O3. The van der Waals surface area contributed by atoms with Crippen LogP contribution in [0, 0.1) is 5.92 Å². The van der Waals surface area contributed by atoms with E-state index in [2.05, 4.69) is 20.9 Å². The molecule has 2 heterocycles. The van der Waals surface area contributed by atoms with E-state index in [4.69, 9.17) is 4.42 Å². The van der Waals surface area contributed by atoms with Crippen molar-refractivity contribution >= 4 is 17.8 Å². The maximum absolute atomic E-state index is 12.7. The van der Waals surface area contributed by atoms with Crippen LogP contribution in [0.15, 0.2) is 27.8 Å². The van der Waals surface area contributed by atoms with Crippen molar-refractivity contribution in [1.29, 1.82) is 0 Å². The molecule has 8 nitrogen and oxygen atoms in total. The largest absolute Gasteiger partial charge is 0.467 e. The van der Waals surface area contributed by atoms with Gasteiger partial charge in [0.15, 0.2) is 5.96 Å². The molecule has 2 fully saturated rings. The molecule has 1 aromatic rings. The number of likely N-dealkylation sites (tertiary alicyclic amines) is 1. The Morgan fingerprint density at radius 1 is 1.21 bits per heavy atom. The number of hydrogen-bond acceptors (Lipinski definition) is 4. The zero-order valence-electron chi connectivity index (χ0n) is 16.6. The van der Waals surface area contributed by atoms with E-state index in [1.165, 1.54) is 19.3 Å². The van der Waals surface area contributed by atoms with Gasteiger partial charge in [-0.1, -0.05) is 19.3 Å². The molecule has 8 heteroatoms. The van der Waals surface area contributed by atoms with Gasteiger partial charge in [-0.15, -0.1) is 0 Å². The minimum absolute atomic E-state index is 0.123. The van der Waals surface area contributed by atoms with Crippen molar-refractivity contribution in [3.8, 4) is 0 Å². The van der Waals surface area contributed by atoms with E-state index in [0.717, 1.165) is 25.8 Å². The van der Waals surface area contributed by atoms with Crippen molar-refractivity contribution in [2.45, 2.75) is 51.1 Å². The standard InChI is InChI=1S/C20H31N5O3/c1-21-20(23-13-18(26)22-12-17-8-5-11-28-17)24-16-9-10-25(14-16)19(27)15-6-3-2-4-7-15/h5,8,11,15-16H,2-4,6-7,9-10,12-14H2,1H3,(H,22,26)(H2,21,23,24). The minimum atomic E-state index is -0.139. The first-order valence-electron chi connectivity index (χ1n) is 10.2. The molecule has 3 rings (SSSR count). The third kappa shape index (κ3) is 5.74. The van der Waals surface area contributed by atoms with Gasteiger partial charge in [-0.2, -0.15) is 0 Å². The number of furan rings is 1. The third-order valence-electron chi connectivity index (χ3n) is 5.48. The van der Waals surface area contributed by atoms with Crippen LogP contribution in [0.1, 0.15) is 44.3 Å². The second-order valence-electron chi connectivity index (χ2n) is 7.53. The molecule has 0 radical (unpaired) electrons. The lowest BCUT2D eigenvalue weighted by Gasteiger charge is -2.26. The number of carbonyl (C=O) groups excluding carboxylic acids is 2. The van der Waals surface area contributed by atoms with Gasteiger partial charge >= 0.3 is 0 Å². The second kappa shape index (κ2) is 10.1. The van der Waals surface area contributed by atoms with Gasteiger partial charge in [-0.25, -0.2) is 0 Å².